The van der Waals surface area contributed by atoms with Crippen molar-refractivity contribution in [2.24, 2.45) is 5.92 Å². The number of ether oxygens (including phenoxy) is 1. The van der Waals surface area contributed by atoms with Crippen LogP contribution in [0, 0.1) is 23.1 Å². The van der Waals surface area contributed by atoms with Gasteiger partial charge >= 0.3 is 0 Å². The Morgan fingerprint density at radius 3 is 2.75 bits per heavy atom. The van der Waals surface area contributed by atoms with Crippen LogP contribution in [-0.4, -0.2) is 6.61 Å². The van der Waals surface area contributed by atoms with E-state index in [1.807, 2.05) is 6.07 Å². The first-order valence-electron chi connectivity index (χ1n) is 5.39. The summed E-state index contributed by atoms with van der Waals surface area (Å²) < 4.78 is 18.5. The topological polar surface area (TPSA) is 33.0 Å². The molecule has 0 saturated carbocycles. The lowest BCUT2D eigenvalue weighted by molar-refractivity contribution is 0.110. The molecule has 1 rings (SSSR count). The molecule has 0 fully saturated rings. The standard InChI is InChI=1S/C13H16FNO/c1-10(2)3-4-16-9-12-5-11(8-15)6-13(14)7-12/h5-7,10H,3-4,9H2,1-2H3. The van der Waals surface area contributed by atoms with Gasteiger partial charge in [0.25, 0.3) is 0 Å². The smallest absolute Gasteiger partial charge is 0.124 e. The van der Waals surface area contributed by atoms with Crippen LogP contribution in [0.2, 0.25) is 0 Å². The molecule has 3 heteroatoms. The van der Waals surface area contributed by atoms with Crippen LogP contribution >= 0.6 is 0 Å². The molecule has 0 unspecified atom stereocenters. The van der Waals surface area contributed by atoms with Crippen LogP contribution in [0.4, 0.5) is 4.39 Å². The summed E-state index contributed by atoms with van der Waals surface area (Å²) in [5, 5.41) is 8.67. The van der Waals surface area contributed by atoms with Crippen molar-refractivity contribution < 1.29 is 9.13 Å². The van der Waals surface area contributed by atoms with Gasteiger partial charge in [0.15, 0.2) is 0 Å². The molecular formula is C13H16FNO. The zero-order valence-electron chi connectivity index (χ0n) is 9.66. The van der Waals surface area contributed by atoms with E-state index in [1.54, 1.807) is 6.07 Å². The molecular weight excluding hydrogens is 205 g/mol. The van der Waals surface area contributed by atoms with E-state index < -0.39 is 0 Å². The van der Waals surface area contributed by atoms with Crippen LogP contribution in [0.1, 0.15) is 31.4 Å². The van der Waals surface area contributed by atoms with E-state index in [0.29, 0.717) is 30.3 Å². The molecule has 0 radical (unpaired) electrons. The minimum atomic E-state index is -0.387. The maximum Gasteiger partial charge on any atom is 0.124 e. The van der Waals surface area contributed by atoms with Crippen molar-refractivity contribution in [3.63, 3.8) is 0 Å². The number of rotatable bonds is 5. The van der Waals surface area contributed by atoms with Crippen LogP contribution < -0.4 is 0 Å². The third-order valence-corrected chi connectivity index (χ3v) is 2.19. The lowest BCUT2D eigenvalue weighted by Crippen LogP contribution is -2.00. The fourth-order valence-electron chi connectivity index (χ4n) is 1.31. The maximum absolute atomic E-state index is 13.0. The Kier molecular flexibility index (Phi) is 4.94. The molecule has 16 heavy (non-hydrogen) atoms. The molecule has 0 aliphatic heterocycles. The second-order valence-corrected chi connectivity index (χ2v) is 4.20. The van der Waals surface area contributed by atoms with Gasteiger partial charge in [0, 0.05) is 6.61 Å². The van der Waals surface area contributed by atoms with Gasteiger partial charge in [0.05, 0.1) is 18.2 Å². The Bertz CT molecular complexity index is 382. The predicted molar refractivity (Wildman–Crippen MR) is 60.2 cm³/mol. The maximum atomic E-state index is 13.0. The summed E-state index contributed by atoms with van der Waals surface area (Å²) in [6.45, 7) is 5.27. The highest BCUT2D eigenvalue weighted by atomic mass is 19.1. The Hall–Kier alpha value is -1.40. The summed E-state index contributed by atoms with van der Waals surface area (Å²) in [6.07, 6.45) is 0.987. The van der Waals surface area contributed by atoms with E-state index in [1.165, 1.54) is 12.1 Å². The summed E-state index contributed by atoms with van der Waals surface area (Å²) in [5.74, 6) is 0.212. The van der Waals surface area contributed by atoms with E-state index in [4.69, 9.17) is 10.00 Å². The zero-order valence-corrected chi connectivity index (χ0v) is 9.66. The first-order chi connectivity index (χ1) is 7.61. The van der Waals surface area contributed by atoms with Gasteiger partial charge in [-0.3, -0.25) is 0 Å². The Balaban J connectivity index is 2.48. The molecule has 0 saturated heterocycles. The summed E-state index contributed by atoms with van der Waals surface area (Å²) in [4.78, 5) is 0. The van der Waals surface area contributed by atoms with Crippen molar-refractivity contribution >= 4 is 0 Å². The third kappa shape index (κ3) is 4.41. The first kappa shape index (κ1) is 12.7. The second-order valence-electron chi connectivity index (χ2n) is 4.20. The van der Waals surface area contributed by atoms with E-state index in [2.05, 4.69) is 13.8 Å². The quantitative estimate of drug-likeness (QED) is 0.715. The number of halogens is 1. The van der Waals surface area contributed by atoms with Gasteiger partial charge in [0.1, 0.15) is 5.82 Å². The minimum Gasteiger partial charge on any atom is -0.377 e. The monoisotopic (exact) mass is 221 g/mol. The van der Waals surface area contributed by atoms with Gasteiger partial charge in [-0.25, -0.2) is 4.39 Å². The highest BCUT2D eigenvalue weighted by Gasteiger charge is 2.01. The number of benzene rings is 1. The number of nitrogens with zero attached hydrogens (tertiary/aromatic N) is 1. The van der Waals surface area contributed by atoms with E-state index in [0.717, 1.165) is 6.42 Å². The van der Waals surface area contributed by atoms with Crippen LogP contribution in [-0.2, 0) is 11.3 Å². The van der Waals surface area contributed by atoms with Gasteiger partial charge in [0.2, 0.25) is 0 Å². The van der Waals surface area contributed by atoms with Gasteiger partial charge in [-0.15, -0.1) is 0 Å². The largest absolute Gasteiger partial charge is 0.377 e. The lowest BCUT2D eigenvalue weighted by atomic mass is 10.1. The molecule has 0 heterocycles. The molecule has 86 valence electrons. The van der Waals surface area contributed by atoms with Gasteiger partial charge < -0.3 is 4.74 Å². The van der Waals surface area contributed by atoms with E-state index in [-0.39, 0.29) is 5.82 Å². The van der Waals surface area contributed by atoms with Crippen molar-refractivity contribution in [3.8, 4) is 6.07 Å². The minimum absolute atomic E-state index is 0.336. The fourth-order valence-corrected chi connectivity index (χ4v) is 1.31. The highest BCUT2D eigenvalue weighted by Crippen LogP contribution is 2.10. The molecule has 0 atom stereocenters. The number of hydrogen-bond acceptors (Lipinski definition) is 2. The van der Waals surface area contributed by atoms with Crippen LogP contribution in [0.5, 0.6) is 0 Å². The van der Waals surface area contributed by atoms with Crippen molar-refractivity contribution in [1.82, 2.24) is 0 Å². The normalized spacial score (nSPS) is 10.4. The number of nitriles is 1. The van der Waals surface area contributed by atoms with Crippen LogP contribution in [0.25, 0.3) is 0 Å². The van der Waals surface area contributed by atoms with Gasteiger partial charge in [-0.1, -0.05) is 13.8 Å². The second kappa shape index (κ2) is 6.24. The zero-order chi connectivity index (χ0) is 12.0. The van der Waals surface area contributed by atoms with Crippen molar-refractivity contribution in [3.05, 3.63) is 35.1 Å². The molecule has 0 bridgehead atoms. The van der Waals surface area contributed by atoms with Gasteiger partial charge in [-0.05, 0) is 36.1 Å². The molecule has 0 spiro atoms. The molecule has 1 aromatic rings. The summed E-state index contributed by atoms with van der Waals surface area (Å²) in [7, 11) is 0. The molecule has 0 N–H and O–H groups in total. The fraction of sp³-hybridized carbons (Fsp3) is 0.462. The highest BCUT2D eigenvalue weighted by molar-refractivity contribution is 5.33. The Labute approximate surface area is 95.7 Å². The Morgan fingerprint density at radius 2 is 2.12 bits per heavy atom. The summed E-state index contributed by atoms with van der Waals surface area (Å²) in [5.41, 5.74) is 1.04. The molecule has 0 aliphatic carbocycles. The molecule has 0 aliphatic rings. The Morgan fingerprint density at radius 1 is 1.38 bits per heavy atom. The summed E-state index contributed by atoms with van der Waals surface area (Å²) >= 11 is 0. The van der Waals surface area contributed by atoms with E-state index >= 15 is 0 Å². The van der Waals surface area contributed by atoms with Gasteiger partial charge in [-0.2, -0.15) is 5.26 Å². The third-order valence-electron chi connectivity index (χ3n) is 2.19. The average Bonchev–Trinajstić information content (AvgIpc) is 2.23. The van der Waals surface area contributed by atoms with E-state index in [9.17, 15) is 4.39 Å². The van der Waals surface area contributed by atoms with Crippen molar-refractivity contribution in [1.29, 1.82) is 5.26 Å². The average molecular weight is 221 g/mol. The molecule has 0 amide bonds. The number of hydrogen-bond donors (Lipinski definition) is 0. The molecule has 0 aromatic heterocycles. The molecule has 1 aromatic carbocycles. The lowest BCUT2D eigenvalue weighted by Gasteiger charge is -2.06. The van der Waals surface area contributed by atoms with Crippen molar-refractivity contribution in [2.75, 3.05) is 6.61 Å². The SMILES string of the molecule is CC(C)CCOCc1cc(F)cc(C#N)c1. The van der Waals surface area contributed by atoms with Crippen molar-refractivity contribution in [2.45, 2.75) is 26.9 Å². The summed E-state index contributed by atoms with van der Waals surface area (Å²) in [6, 6.07) is 6.19. The predicted octanol–water partition coefficient (Wildman–Crippen LogP) is 3.26. The van der Waals surface area contributed by atoms with Crippen LogP contribution in [0.3, 0.4) is 0 Å². The van der Waals surface area contributed by atoms with Crippen LogP contribution in [0.15, 0.2) is 18.2 Å². The first-order valence-corrected chi connectivity index (χ1v) is 5.39. The molecule has 2 nitrogen and oxygen atoms in total.